The zero-order valence-corrected chi connectivity index (χ0v) is 14.1. The van der Waals surface area contributed by atoms with Gasteiger partial charge in [-0.15, -0.1) is 0 Å². The second-order valence-electron chi connectivity index (χ2n) is 6.44. The highest BCUT2D eigenvalue weighted by molar-refractivity contribution is 5.96. The fourth-order valence-corrected chi connectivity index (χ4v) is 2.75. The first-order valence-electron chi connectivity index (χ1n) is 8.48. The van der Waals surface area contributed by atoms with E-state index < -0.39 is 0 Å². The van der Waals surface area contributed by atoms with E-state index in [0.29, 0.717) is 12.1 Å². The van der Waals surface area contributed by atoms with Gasteiger partial charge >= 0.3 is 0 Å². The fourth-order valence-electron chi connectivity index (χ4n) is 2.75. The van der Waals surface area contributed by atoms with E-state index in [1.54, 1.807) is 24.3 Å². The largest absolute Gasteiger partial charge is 0.350 e. The molecule has 126 valence electrons. The van der Waals surface area contributed by atoms with Crippen molar-refractivity contribution in [1.82, 2.24) is 10.2 Å². The van der Waals surface area contributed by atoms with Crippen LogP contribution in [0.2, 0.25) is 0 Å². The second kappa shape index (κ2) is 8.67. The van der Waals surface area contributed by atoms with Crippen molar-refractivity contribution < 1.29 is 9.59 Å². The maximum atomic E-state index is 12.1. The highest BCUT2D eigenvalue weighted by Gasteiger charge is 2.13. The van der Waals surface area contributed by atoms with Gasteiger partial charge in [0, 0.05) is 17.3 Å². The molecule has 2 N–H and O–H groups in total. The standard InChI is InChI=1S/C18H27N3O2/c1-14(2)19-18(23)15-7-9-16(10-8-15)20-17(22)13-21-11-5-3-4-6-12-21/h7-10,14H,3-6,11-13H2,1-2H3,(H,19,23)(H,20,22). The third-order valence-corrected chi connectivity index (χ3v) is 3.92. The maximum absolute atomic E-state index is 12.1. The molecular weight excluding hydrogens is 290 g/mol. The molecule has 1 aliphatic rings. The van der Waals surface area contributed by atoms with Crippen LogP contribution >= 0.6 is 0 Å². The van der Waals surface area contributed by atoms with Gasteiger partial charge in [0.1, 0.15) is 0 Å². The lowest BCUT2D eigenvalue weighted by molar-refractivity contribution is -0.117. The van der Waals surface area contributed by atoms with Gasteiger partial charge in [-0.3, -0.25) is 14.5 Å². The van der Waals surface area contributed by atoms with Gasteiger partial charge in [-0.2, -0.15) is 0 Å². The zero-order chi connectivity index (χ0) is 16.7. The monoisotopic (exact) mass is 317 g/mol. The summed E-state index contributed by atoms with van der Waals surface area (Å²) in [5.41, 5.74) is 1.33. The number of rotatable bonds is 5. The van der Waals surface area contributed by atoms with E-state index in [-0.39, 0.29) is 17.9 Å². The van der Waals surface area contributed by atoms with Gasteiger partial charge in [-0.25, -0.2) is 0 Å². The van der Waals surface area contributed by atoms with Gasteiger partial charge in [0.15, 0.2) is 0 Å². The molecule has 1 aliphatic heterocycles. The molecule has 0 aromatic heterocycles. The van der Waals surface area contributed by atoms with Crippen LogP contribution < -0.4 is 10.6 Å². The molecule has 0 unspecified atom stereocenters. The summed E-state index contributed by atoms with van der Waals surface area (Å²) in [5, 5.41) is 5.75. The number of carbonyl (C=O) groups excluding carboxylic acids is 2. The summed E-state index contributed by atoms with van der Waals surface area (Å²) >= 11 is 0. The Morgan fingerprint density at radius 3 is 2.22 bits per heavy atom. The average Bonchev–Trinajstić information content (AvgIpc) is 2.75. The molecule has 0 atom stereocenters. The number of nitrogens with one attached hydrogen (secondary N) is 2. The van der Waals surface area contributed by atoms with Crippen LogP contribution in [-0.2, 0) is 4.79 Å². The van der Waals surface area contributed by atoms with Crippen molar-refractivity contribution in [3.05, 3.63) is 29.8 Å². The van der Waals surface area contributed by atoms with Crippen LogP contribution in [0.25, 0.3) is 0 Å². The Labute approximate surface area is 138 Å². The van der Waals surface area contributed by atoms with Crippen molar-refractivity contribution in [2.45, 2.75) is 45.6 Å². The van der Waals surface area contributed by atoms with Crippen LogP contribution in [0.5, 0.6) is 0 Å². The van der Waals surface area contributed by atoms with Crippen molar-refractivity contribution in [3.8, 4) is 0 Å². The normalized spacial score (nSPS) is 16.0. The van der Waals surface area contributed by atoms with Crippen molar-refractivity contribution in [2.75, 3.05) is 25.0 Å². The molecule has 23 heavy (non-hydrogen) atoms. The number of likely N-dealkylation sites (tertiary alicyclic amines) is 1. The Morgan fingerprint density at radius 2 is 1.65 bits per heavy atom. The van der Waals surface area contributed by atoms with Crippen molar-refractivity contribution in [1.29, 1.82) is 0 Å². The summed E-state index contributed by atoms with van der Waals surface area (Å²) in [6.45, 7) is 6.30. The van der Waals surface area contributed by atoms with Crippen molar-refractivity contribution in [2.24, 2.45) is 0 Å². The summed E-state index contributed by atoms with van der Waals surface area (Å²) in [4.78, 5) is 26.2. The molecule has 5 heteroatoms. The zero-order valence-electron chi connectivity index (χ0n) is 14.1. The van der Waals surface area contributed by atoms with E-state index in [1.165, 1.54) is 25.7 Å². The third kappa shape index (κ3) is 6.02. The lowest BCUT2D eigenvalue weighted by Gasteiger charge is -2.19. The first-order valence-corrected chi connectivity index (χ1v) is 8.48. The van der Waals surface area contributed by atoms with Crippen LogP contribution in [0.3, 0.4) is 0 Å². The number of hydrogen-bond donors (Lipinski definition) is 2. The van der Waals surface area contributed by atoms with Crippen LogP contribution in [0.4, 0.5) is 5.69 Å². The first kappa shape index (κ1) is 17.5. The number of amides is 2. The predicted octanol–water partition coefficient (Wildman–Crippen LogP) is 2.64. The Balaban J connectivity index is 1.85. The molecule has 0 saturated carbocycles. The molecule has 1 heterocycles. The first-order chi connectivity index (χ1) is 11.0. The van der Waals surface area contributed by atoms with E-state index in [4.69, 9.17) is 0 Å². The van der Waals surface area contributed by atoms with Crippen LogP contribution in [0, 0.1) is 0 Å². The Kier molecular flexibility index (Phi) is 6.59. The van der Waals surface area contributed by atoms with E-state index in [0.717, 1.165) is 18.8 Å². The molecule has 0 spiro atoms. The fraction of sp³-hybridized carbons (Fsp3) is 0.556. The van der Waals surface area contributed by atoms with Gasteiger partial charge < -0.3 is 10.6 Å². The maximum Gasteiger partial charge on any atom is 0.251 e. The SMILES string of the molecule is CC(C)NC(=O)c1ccc(NC(=O)CN2CCCCCC2)cc1. The molecule has 1 fully saturated rings. The lowest BCUT2D eigenvalue weighted by Crippen LogP contribution is -2.34. The Hall–Kier alpha value is -1.88. The highest BCUT2D eigenvalue weighted by Crippen LogP contribution is 2.12. The predicted molar refractivity (Wildman–Crippen MR) is 92.6 cm³/mol. The van der Waals surface area contributed by atoms with E-state index >= 15 is 0 Å². The molecular formula is C18H27N3O2. The Morgan fingerprint density at radius 1 is 1.04 bits per heavy atom. The number of carbonyl (C=O) groups is 2. The molecule has 1 aromatic carbocycles. The highest BCUT2D eigenvalue weighted by atomic mass is 16.2. The summed E-state index contributed by atoms with van der Waals surface area (Å²) < 4.78 is 0. The second-order valence-corrected chi connectivity index (χ2v) is 6.44. The molecule has 1 saturated heterocycles. The van der Waals surface area contributed by atoms with Gasteiger partial charge in [0.2, 0.25) is 5.91 Å². The summed E-state index contributed by atoms with van der Waals surface area (Å²) in [5.74, 6) is -0.0891. The topological polar surface area (TPSA) is 61.4 Å². The van der Waals surface area contributed by atoms with Crippen LogP contribution in [0.1, 0.15) is 49.9 Å². The molecule has 0 aliphatic carbocycles. The van der Waals surface area contributed by atoms with Crippen LogP contribution in [-0.4, -0.2) is 42.4 Å². The molecule has 2 rings (SSSR count). The van der Waals surface area contributed by atoms with Gasteiger partial charge in [0.05, 0.1) is 6.54 Å². The van der Waals surface area contributed by atoms with Gasteiger partial charge in [-0.1, -0.05) is 12.8 Å². The summed E-state index contributed by atoms with van der Waals surface area (Å²) in [6.07, 6.45) is 4.87. The number of benzene rings is 1. The number of hydrogen-bond acceptors (Lipinski definition) is 3. The molecule has 5 nitrogen and oxygen atoms in total. The van der Waals surface area contributed by atoms with E-state index in [1.807, 2.05) is 13.8 Å². The van der Waals surface area contributed by atoms with E-state index in [2.05, 4.69) is 15.5 Å². The van der Waals surface area contributed by atoms with Gasteiger partial charge in [-0.05, 0) is 64.0 Å². The average molecular weight is 317 g/mol. The number of anilines is 1. The Bertz CT molecular complexity index is 518. The van der Waals surface area contributed by atoms with Crippen LogP contribution in [0.15, 0.2) is 24.3 Å². The lowest BCUT2D eigenvalue weighted by atomic mass is 10.2. The molecule has 0 radical (unpaired) electrons. The minimum absolute atomic E-state index is 0.00582. The number of nitrogens with zero attached hydrogens (tertiary/aromatic N) is 1. The van der Waals surface area contributed by atoms with Crippen molar-refractivity contribution >= 4 is 17.5 Å². The van der Waals surface area contributed by atoms with E-state index in [9.17, 15) is 9.59 Å². The van der Waals surface area contributed by atoms with Crippen molar-refractivity contribution in [3.63, 3.8) is 0 Å². The summed E-state index contributed by atoms with van der Waals surface area (Å²) in [6, 6.07) is 7.12. The minimum Gasteiger partial charge on any atom is -0.350 e. The molecule has 0 bridgehead atoms. The quantitative estimate of drug-likeness (QED) is 0.877. The molecule has 2 amide bonds. The smallest absolute Gasteiger partial charge is 0.251 e. The summed E-state index contributed by atoms with van der Waals surface area (Å²) in [7, 11) is 0. The minimum atomic E-state index is -0.0950. The van der Waals surface area contributed by atoms with Gasteiger partial charge in [0.25, 0.3) is 5.91 Å². The third-order valence-electron chi connectivity index (χ3n) is 3.92. The molecule has 1 aromatic rings.